The zero-order chi connectivity index (χ0) is 15.8. The van der Waals surface area contributed by atoms with Crippen LogP contribution in [0.25, 0.3) is 0 Å². The van der Waals surface area contributed by atoms with Crippen molar-refractivity contribution in [3.05, 3.63) is 23.8 Å². The van der Waals surface area contributed by atoms with Gasteiger partial charge in [-0.25, -0.2) is 4.79 Å². The summed E-state index contributed by atoms with van der Waals surface area (Å²) in [6, 6.07) is -0.263. The topological polar surface area (TPSA) is 64.6 Å². The third-order valence-electron chi connectivity index (χ3n) is 3.32. The molecule has 0 saturated carbocycles. The van der Waals surface area contributed by atoms with Gasteiger partial charge in [-0.15, -0.1) is 0 Å². The molecular formula is C16H25NO4. The molecule has 0 bridgehead atoms. The molecule has 0 aromatic heterocycles. The molecule has 0 saturated heterocycles. The largest absolute Gasteiger partial charge is 0.462 e. The normalized spacial score (nSPS) is 21.1. The molecule has 0 aromatic carbocycles. The van der Waals surface area contributed by atoms with E-state index in [9.17, 15) is 9.59 Å². The molecule has 118 valence electrons. The molecule has 1 rings (SSSR count). The number of esters is 1. The maximum Gasteiger partial charge on any atom is 0.337 e. The van der Waals surface area contributed by atoms with E-state index in [0.29, 0.717) is 12.2 Å². The summed E-state index contributed by atoms with van der Waals surface area (Å²) in [5.74, 6) is -0.496. The molecule has 1 N–H and O–H groups in total. The van der Waals surface area contributed by atoms with Gasteiger partial charge in [0.25, 0.3) is 0 Å². The van der Waals surface area contributed by atoms with Gasteiger partial charge in [0.2, 0.25) is 5.91 Å². The fraction of sp³-hybridized carbons (Fsp3) is 0.625. The third-order valence-corrected chi connectivity index (χ3v) is 3.32. The number of carbonyl (C=O) groups is 2. The molecule has 5 heteroatoms. The summed E-state index contributed by atoms with van der Waals surface area (Å²) in [7, 11) is 0. The van der Waals surface area contributed by atoms with Gasteiger partial charge in [0.05, 0.1) is 24.3 Å². The minimum absolute atomic E-state index is 0.0949. The molecule has 1 aliphatic rings. The molecular weight excluding hydrogens is 270 g/mol. The molecule has 1 amide bonds. The highest BCUT2D eigenvalue weighted by molar-refractivity contribution is 5.92. The number of carbonyl (C=O) groups excluding carboxylic acids is 2. The van der Waals surface area contributed by atoms with Crippen molar-refractivity contribution in [3.8, 4) is 0 Å². The van der Waals surface area contributed by atoms with Crippen LogP contribution in [0, 0.1) is 0 Å². The van der Waals surface area contributed by atoms with Gasteiger partial charge in [-0.05, 0) is 31.9 Å². The van der Waals surface area contributed by atoms with Crippen LogP contribution in [-0.4, -0.2) is 36.7 Å². The minimum Gasteiger partial charge on any atom is -0.462 e. The zero-order valence-corrected chi connectivity index (χ0v) is 13.2. The highest BCUT2D eigenvalue weighted by Crippen LogP contribution is 2.19. The fourth-order valence-electron chi connectivity index (χ4n) is 2.20. The Bertz CT molecular complexity index is 424. The quantitative estimate of drug-likeness (QED) is 0.731. The third kappa shape index (κ3) is 5.34. The second-order valence-electron chi connectivity index (χ2n) is 4.97. The molecule has 1 aliphatic carbocycles. The Hall–Kier alpha value is -1.62. The van der Waals surface area contributed by atoms with Crippen molar-refractivity contribution in [2.75, 3.05) is 6.61 Å². The van der Waals surface area contributed by atoms with Crippen molar-refractivity contribution >= 4 is 11.9 Å². The standard InChI is InChI=1S/C16H25NO4/c1-5-13(6-2)21-15-10-12(16(19)20-7-3)8-9-14(15)17-11(4)18/h8-10,13-15H,5-7H2,1-4H3,(H,17,18)/t14-,15-/m1/s1. The monoisotopic (exact) mass is 295 g/mol. The lowest BCUT2D eigenvalue weighted by Gasteiger charge is -2.29. The van der Waals surface area contributed by atoms with E-state index < -0.39 is 0 Å². The van der Waals surface area contributed by atoms with Crippen LogP contribution in [0.3, 0.4) is 0 Å². The first-order valence-corrected chi connectivity index (χ1v) is 7.51. The van der Waals surface area contributed by atoms with Gasteiger partial charge in [-0.1, -0.05) is 19.9 Å². The van der Waals surface area contributed by atoms with E-state index in [0.717, 1.165) is 12.8 Å². The average Bonchev–Trinajstić information content (AvgIpc) is 2.45. The molecule has 5 nitrogen and oxygen atoms in total. The number of rotatable bonds is 7. The van der Waals surface area contributed by atoms with Gasteiger partial charge >= 0.3 is 5.97 Å². The van der Waals surface area contributed by atoms with Crippen LogP contribution in [0.2, 0.25) is 0 Å². The number of amides is 1. The van der Waals surface area contributed by atoms with Crippen molar-refractivity contribution in [2.24, 2.45) is 0 Å². The molecule has 0 unspecified atom stereocenters. The Labute approximate surface area is 126 Å². The number of hydrogen-bond donors (Lipinski definition) is 1. The lowest BCUT2D eigenvalue weighted by Crippen LogP contribution is -2.44. The average molecular weight is 295 g/mol. The summed E-state index contributed by atoms with van der Waals surface area (Å²) in [5.41, 5.74) is 0.467. The molecule has 0 radical (unpaired) electrons. The van der Waals surface area contributed by atoms with Crippen molar-refractivity contribution < 1.29 is 19.1 Å². The number of nitrogens with one attached hydrogen (secondary N) is 1. The van der Waals surface area contributed by atoms with Gasteiger partial charge < -0.3 is 14.8 Å². The van der Waals surface area contributed by atoms with Crippen molar-refractivity contribution in [2.45, 2.75) is 58.8 Å². The Morgan fingerprint density at radius 1 is 1.29 bits per heavy atom. The van der Waals surface area contributed by atoms with Gasteiger partial charge in [-0.3, -0.25) is 4.79 Å². The molecule has 0 spiro atoms. The molecule has 2 atom stereocenters. The van der Waals surface area contributed by atoms with E-state index in [1.54, 1.807) is 25.2 Å². The van der Waals surface area contributed by atoms with Crippen molar-refractivity contribution in [1.82, 2.24) is 5.32 Å². The van der Waals surface area contributed by atoms with E-state index in [4.69, 9.17) is 9.47 Å². The molecule has 21 heavy (non-hydrogen) atoms. The van der Waals surface area contributed by atoms with Crippen LogP contribution in [0.5, 0.6) is 0 Å². The summed E-state index contributed by atoms with van der Waals surface area (Å²) in [5, 5.41) is 2.83. The Morgan fingerprint density at radius 2 is 1.95 bits per heavy atom. The van der Waals surface area contributed by atoms with E-state index in [2.05, 4.69) is 19.2 Å². The highest BCUT2D eigenvalue weighted by atomic mass is 16.5. The minimum atomic E-state index is -0.367. The lowest BCUT2D eigenvalue weighted by atomic mass is 9.99. The molecule has 0 aromatic rings. The molecule has 0 aliphatic heterocycles. The summed E-state index contributed by atoms with van der Waals surface area (Å²) in [6.45, 7) is 7.67. The van der Waals surface area contributed by atoms with Crippen molar-refractivity contribution in [1.29, 1.82) is 0 Å². The van der Waals surface area contributed by atoms with Gasteiger partial charge in [0.1, 0.15) is 6.10 Å². The first kappa shape index (κ1) is 17.4. The van der Waals surface area contributed by atoms with E-state index in [-0.39, 0.29) is 30.1 Å². The predicted molar refractivity (Wildman–Crippen MR) is 80.7 cm³/mol. The van der Waals surface area contributed by atoms with Crippen LogP contribution >= 0.6 is 0 Å². The number of ether oxygens (including phenoxy) is 2. The smallest absolute Gasteiger partial charge is 0.337 e. The van der Waals surface area contributed by atoms with Gasteiger partial charge in [0.15, 0.2) is 0 Å². The van der Waals surface area contributed by atoms with Crippen LogP contribution in [-0.2, 0) is 19.1 Å². The molecule has 0 fully saturated rings. The van der Waals surface area contributed by atoms with Gasteiger partial charge in [0, 0.05) is 6.92 Å². The van der Waals surface area contributed by atoms with Gasteiger partial charge in [-0.2, -0.15) is 0 Å². The summed E-state index contributed by atoms with van der Waals surface area (Å²) in [6.07, 6.45) is 6.68. The second-order valence-corrected chi connectivity index (χ2v) is 4.97. The maximum absolute atomic E-state index is 11.8. The lowest BCUT2D eigenvalue weighted by molar-refractivity contribution is -0.138. The summed E-state index contributed by atoms with van der Waals surface area (Å²) in [4.78, 5) is 23.1. The second kappa shape index (κ2) is 8.62. The van der Waals surface area contributed by atoms with E-state index >= 15 is 0 Å². The number of hydrogen-bond acceptors (Lipinski definition) is 4. The first-order valence-electron chi connectivity index (χ1n) is 7.51. The predicted octanol–water partition coefficient (Wildman–Crippen LogP) is 2.12. The van der Waals surface area contributed by atoms with Crippen LogP contribution in [0.15, 0.2) is 23.8 Å². The summed E-state index contributed by atoms with van der Waals surface area (Å²) < 4.78 is 11.0. The SMILES string of the molecule is CCOC(=O)C1=C[C@@H](OC(CC)CC)[C@H](NC(C)=O)C=C1. The van der Waals surface area contributed by atoms with E-state index in [1.165, 1.54) is 6.92 Å². The highest BCUT2D eigenvalue weighted by Gasteiger charge is 2.26. The zero-order valence-electron chi connectivity index (χ0n) is 13.2. The Balaban J connectivity index is 2.88. The molecule has 0 heterocycles. The van der Waals surface area contributed by atoms with Crippen LogP contribution in [0.1, 0.15) is 40.5 Å². The maximum atomic E-state index is 11.8. The first-order chi connectivity index (χ1) is 10.0. The van der Waals surface area contributed by atoms with Crippen molar-refractivity contribution in [3.63, 3.8) is 0 Å². The Morgan fingerprint density at radius 3 is 2.48 bits per heavy atom. The fourth-order valence-corrected chi connectivity index (χ4v) is 2.20. The Kier molecular flexibility index (Phi) is 7.15. The van der Waals surface area contributed by atoms with Crippen LogP contribution < -0.4 is 5.32 Å². The van der Waals surface area contributed by atoms with E-state index in [1.807, 2.05) is 0 Å². The van der Waals surface area contributed by atoms with Crippen LogP contribution in [0.4, 0.5) is 0 Å². The summed E-state index contributed by atoms with van der Waals surface area (Å²) >= 11 is 0.